The van der Waals surface area contributed by atoms with Crippen molar-refractivity contribution in [1.82, 2.24) is 10.4 Å². The maximum Gasteiger partial charge on any atom is 0.0460 e. The average Bonchev–Trinajstić information content (AvgIpc) is 2.15. The molecule has 0 aromatic heterocycles. The number of rotatable bonds is 3. The molecule has 2 N–H and O–H groups in total. The Morgan fingerprint density at radius 2 is 2.14 bits per heavy atom. The highest BCUT2D eigenvalue weighted by Gasteiger charge is 2.26. The smallest absolute Gasteiger partial charge is 0.0460 e. The summed E-state index contributed by atoms with van der Waals surface area (Å²) in [6.45, 7) is 2.79. The van der Waals surface area contributed by atoms with E-state index >= 15 is 0 Å². The third-order valence-corrected chi connectivity index (χ3v) is 2.83. The third-order valence-electron chi connectivity index (χ3n) is 2.83. The predicted molar refractivity (Wildman–Crippen MR) is 55.3 cm³/mol. The van der Waals surface area contributed by atoms with Crippen LogP contribution >= 0.6 is 0 Å². The fraction of sp³-hybridized carbons (Fsp3) is 0.455. The largest absolute Gasteiger partial charge is 0.316 e. The standard InChI is InChI=1S/C11H16N2O/c1-13-7-10(8-13)11-5-3-2-4-9(11)6-12-14/h2-5,10,12,14H,6-8H2,1H3. The second kappa shape index (κ2) is 4.09. The Labute approximate surface area is 84.3 Å². The molecule has 1 aromatic rings. The minimum absolute atomic E-state index is 0.538. The number of hydrogen-bond donors (Lipinski definition) is 2. The fourth-order valence-corrected chi connectivity index (χ4v) is 2.07. The van der Waals surface area contributed by atoms with E-state index in [0.29, 0.717) is 12.5 Å². The zero-order valence-electron chi connectivity index (χ0n) is 8.40. The van der Waals surface area contributed by atoms with Gasteiger partial charge in [-0.05, 0) is 18.2 Å². The molecular formula is C11H16N2O. The van der Waals surface area contributed by atoms with Crippen molar-refractivity contribution in [3.05, 3.63) is 35.4 Å². The number of likely N-dealkylation sites (N-methyl/N-ethyl adjacent to an activating group) is 1. The van der Waals surface area contributed by atoms with Crippen LogP contribution in [-0.4, -0.2) is 30.2 Å². The van der Waals surface area contributed by atoms with Crippen LogP contribution in [0.15, 0.2) is 24.3 Å². The van der Waals surface area contributed by atoms with Crippen LogP contribution in [0, 0.1) is 0 Å². The Bertz CT molecular complexity index is 308. The number of nitrogens with zero attached hydrogens (tertiary/aromatic N) is 1. The number of benzene rings is 1. The second-order valence-electron chi connectivity index (χ2n) is 3.95. The van der Waals surface area contributed by atoms with Crippen LogP contribution < -0.4 is 5.48 Å². The number of hydrogen-bond acceptors (Lipinski definition) is 3. The second-order valence-corrected chi connectivity index (χ2v) is 3.95. The van der Waals surface area contributed by atoms with Crippen LogP contribution in [0.1, 0.15) is 17.0 Å². The lowest BCUT2D eigenvalue weighted by molar-refractivity contribution is 0.158. The van der Waals surface area contributed by atoms with Gasteiger partial charge in [-0.25, -0.2) is 5.48 Å². The molecule has 3 nitrogen and oxygen atoms in total. The van der Waals surface area contributed by atoms with E-state index in [1.54, 1.807) is 0 Å². The zero-order valence-corrected chi connectivity index (χ0v) is 8.40. The van der Waals surface area contributed by atoms with Crippen molar-refractivity contribution < 1.29 is 5.21 Å². The average molecular weight is 192 g/mol. The van der Waals surface area contributed by atoms with Crippen LogP contribution in [0.25, 0.3) is 0 Å². The molecule has 1 aromatic carbocycles. The summed E-state index contributed by atoms with van der Waals surface area (Å²) < 4.78 is 0. The van der Waals surface area contributed by atoms with Gasteiger partial charge in [-0.1, -0.05) is 24.3 Å². The lowest BCUT2D eigenvalue weighted by Crippen LogP contribution is -2.42. The van der Waals surface area contributed by atoms with E-state index < -0.39 is 0 Å². The first-order valence-electron chi connectivity index (χ1n) is 4.94. The van der Waals surface area contributed by atoms with Crippen LogP contribution in [-0.2, 0) is 6.54 Å². The van der Waals surface area contributed by atoms with Crippen LogP contribution in [0.5, 0.6) is 0 Å². The Hall–Kier alpha value is -0.900. The summed E-state index contributed by atoms with van der Waals surface area (Å²) in [4.78, 5) is 2.30. The molecule has 0 saturated carbocycles. The van der Waals surface area contributed by atoms with Gasteiger partial charge in [0.1, 0.15) is 0 Å². The van der Waals surface area contributed by atoms with Crippen molar-refractivity contribution in [3.63, 3.8) is 0 Å². The lowest BCUT2D eigenvalue weighted by Gasteiger charge is -2.37. The Morgan fingerprint density at radius 1 is 1.43 bits per heavy atom. The van der Waals surface area contributed by atoms with Crippen molar-refractivity contribution in [2.45, 2.75) is 12.5 Å². The topological polar surface area (TPSA) is 35.5 Å². The van der Waals surface area contributed by atoms with E-state index in [-0.39, 0.29) is 0 Å². The van der Waals surface area contributed by atoms with Gasteiger partial charge in [0, 0.05) is 25.6 Å². The summed E-state index contributed by atoms with van der Waals surface area (Å²) in [6, 6.07) is 8.30. The molecule has 0 spiro atoms. The van der Waals surface area contributed by atoms with Crippen molar-refractivity contribution in [1.29, 1.82) is 0 Å². The molecule has 0 unspecified atom stereocenters. The Morgan fingerprint density at radius 3 is 2.79 bits per heavy atom. The molecule has 0 bridgehead atoms. The summed E-state index contributed by atoms with van der Waals surface area (Å²) in [6.07, 6.45) is 0. The van der Waals surface area contributed by atoms with E-state index in [1.165, 1.54) is 11.1 Å². The van der Waals surface area contributed by atoms with Crippen LogP contribution in [0.4, 0.5) is 0 Å². The molecule has 2 rings (SSSR count). The molecular weight excluding hydrogens is 176 g/mol. The number of nitrogens with one attached hydrogen (secondary N) is 1. The van der Waals surface area contributed by atoms with Crippen molar-refractivity contribution >= 4 is 0 Å². The molecule has 1 aliphatic rings. The van der Waals surface area contributed by atoms with E-state index in [0.717, 1.165) is 13.1 Å². The molecule has 1 fully saturated rings. The Kier molecular flexibility index (Phi) is 2.82. The number of hydroxylamine groups is 1. The van der Waals surface area contributed by atoms with Gasteiger partial charge in [-0.2, -0.15) is 0 Å². The summed E-state index contributed by atoms with van der Waals surface area (Å²) in [5, 5.41) is 8.71. The van der Waals surface area contributed by atoms with E-state index in [2.05, 4.69) is 35.6 Å². The maximum absolute atomic E-state index is 8.71. The summed E-state index contributed by atoms with van der Waals surface area (Å²) >= 11 is 0. The molecule has 14 heavy (non-hydrogen) atoms. The molecule has 3 heteroatoms. The minimum atomic E-state index is 0.538. The zero-order chi connectivity index (χ0) is 9.97. The van der Waals surface area contributed by atoms with Crippen molar-refractivity contribution in [3.8, 4) is 0 Å². The Balaban J connectivity index is 2.15. The normalized spacial score (nSPS) is 18.1. The van der Waals surface area contributed by atoms with Gasteiger partial charge in [-0.3, -0.25) is 0 Å². The summed E-state index contributed by atoms with van der Waals surface area (Å²) in [5.41, 5.74) is 4.79. The first-order valence-corrected chi connectivity index (χ1v) is 4.94. The van der Waals surface area contributed by atoms with Gasteiger partial charge < -0.3 is 10.1 Å². The first kappa shape index (κ1) is 9.65. The molecule has 0 radical (unpaired) electrons. The van der Waals surface area contributed by atoms with E-state index in [4.69, 9.17) is 5.21 Å². The summed E-state index contributed by atoms with van der Waals surface area (Å²) in [7, 11) is 2.13. The van der Waals surface area contributed by atoms with Crippen LogP contribution in [0.2, 0.25) is 0 Å². The highest BCUT2D eigenvalue weighted by Crippen LogP contribution is 2.27. The molecule has 1 saturated heterocycles. The first-order chi connectivity index (χ1) is 6.81. The monoisotopic (exact) mass is 192 g/mol. The van der Waals surface area contributed by atoms with Gasteiger partial charge in [0.05, 0.1) is 0 Å². The maximum atomic E-state index is 8.71. The molecule has 0 aliphatic carbocycles. The van der Waals surface area contributed by atoms with Gasteiger partial charge in [-0.15, -0.1) is 0 Å². The van der Waals surface area contributed by atoms with Gasteiger partial charge in [0.2, 0.25) is 0 Å². The molecule has 0 atom stereocenters. The SMILES string of the molecule is CN1CC(c2ccccc2CNO)C1. The third kappa shape index (κ3) is 1.80. The minimum Gasteiger partial charge on any atom is -0.316 e. The highest BCUT2D eigenvalue weighted by molar-refractivity contribution is 5.32. The quantitative estimate of drug-likeness (QED) is 0.706. The predicted octanol–water partition coefficient (Wildman–Crippen LogP) is 1.19. The van der Waals surface area contributed by atoms with Gasteiger partial charge in [0.15, 0.2) is 0 Å². The molecule has 0 amide bonds. The van der Waals surface area contributed by atoms with Gasteiger partial charge in [0.25, 0.3) is 0 Å². The molecule has 76 valence electrons. The van der Waals surface area contributed by atoms with E-state index in [9.17, 15) is 0 Å². The van der Waals surface area contributed by atoms with Crippen molar-refractivity contribution in [2.24, 2.45) is 0 Å². The highest BCUT2D eigenvalue weighted by atomic mass is 16.5. The molecule has 1 heterocycles. The lowest BCUT2D eigenvalue weighted by atomic mass is 9.88. The van der Waals surface area contributed by atoms with E-state index in [1.807, 2.05) is 6.07 Å². The fourth-order valence-electron chi connectivity index (χ4n) is 2.07. The number of likely N-dealkylation sites (tertiary alicyclic amines) is 1. The van der Waals surface area contributed by atoms with Gasteiger partial charge >= 0.3 is 0 Å². The molecule has 1 aliphatic heterocycles. The summed E-state index contributed by atoms with van der Waals surface area (Å²) in [5.74, 6) is 0.643. The van der Waals surface area contributed by atoms with Crippen LogP contribution in [0.3, 0.4) is 0 Å². The van der Waals surface area contributed by atoms with Crippen molar-refractivity contribution in [2.75, 3.05) is 20.1 Å².